The Morgan fingerprint density at radius 3 is 2.85 bits per heavy atom. The summed E-state index contributed by atoms with van der Waals surface area (Å²) < 4.78 is 5.56. The van der Waals surface area contributed by atoms with Gasteiger partial charge in [0.15, 0.2) is 0 Å². The van der Waals surface area contributed by atoms with Crippen molar-refractivity contribution in [2.75, 3.05) is 5.32 Å². The lowest BCUT2D eigenvalue weighted by atomic mass is 10.2. The van der Waals surface area contributed by atoms with Gasteiger partial charge in [-0.2, -0.15) is 0 Å². The fourth-order valence-electron chi connectivity index (χ4n) is 1.65. The summed E-state index contributed by atoms with van der Waals surface area (Å²) in [6.07, 6.45) is 3.13. The molecule has 1 aromatic heterocycles. The van der Waals surface area contributed by atoms with Crippen molar-refractivity contribution in [1.29, 1.82) is 0 Å². The summed E-state index contributed by atoms with van der Waals surface area (Å²) in [6.45, 7) is 3.87. The Hall–Kier alpha value is -2.07. The fourth-order valence-corrected chi connectivity index (χ4v) is 1.80. The predicted molar refractivity (Wildman–Crippen MR) is 79.4 cm³/mol. The molecule has 0 bridgehead atoms. The van der Waals surface area contributed by atoms with Gasteiger partial charge < -0.3 is 10.1 Å². The van der Waals surface area contributed by atoms with Crippen LogP contribution in [-0.4, -0.2) is 17.0 Å². The average molecular weight is 291 g/mol. The zero-order valence-electron chi connectivity index (χ0n) is 11.3. The number of benzene rings is 1. The van der Waals surface area contributed by atoms with Crippen LogP contribution in [0.3, 0.4) is 0 Å². The lowest BCUT2D eigenvalue weighted by molar-refractivity contribution is 0.102. The largest absolute Gasteiger partial charge is 0.491 e. The quantitative estimate of drug-likeness (QED) is 0.932. The standard InChI is InChI=1S/C15H15ClN2O2/c1-10(2)20-12-5-3-4-11(8-12)15(19)18-14-9-17-7-6-13(14)16/h3-10H,1-2H3,(H,18,19). The lowest BCUT2D eigenvalue weighted by Crippen LogP contribution is -2.13. The zero-order chi connectivity index (χ0) is 14.5. The maximum Gasteiger partial charge on any atom is 0.255 e. The number of aromatic nitrogens is 1. The van der Waals surface area contributed by atoms with Crippen molar-refractivity contribution in [3.8, 4) is 5.75 Å². The van der Waals surface area contributed by atoms with E-state index >= 15 is 0 Å². The second-order valence-corrected chi connectivity index (χ2v) is 4.91. The smallest absolute Gasteiger partial charge is 0.255 e. The van der Waals surface area contributed by atoms with E-state index in [-0.39, 0.29) is 12.0 Å². The van der Waals surface area contributed by atoms with Crippen LogP contribution in [0.1, 0.15) is 24.2 Å². The molecule has 0 atom stereocenters. The molecule has 0 radical (unpaired) electrons. The highest BCUT2D eigenvalue weighted by Gasteiger charge is 2.09. The summed E-state index contributed by atoms with van der Waals surface area (Å²) >= 11 is 5.98. The van der Waals surface area contributed by atoms with Crippen LogP contribution in [0.25, 0.3) is 0 Å². The van der Waals surface area contributed by atoms with Crippen LogP contribution in [0.5, 0.6) is 5.75 Å². The third-order valence-electron chi connectivity index (χ3n) is 2.48. The van der Waals surface area contributed by atoms with Crippen LogP contribution in [0.4, 0.5) is 5.69 Å². The Kier molecular flexibility index (Phi) is 4.58. The maximum absolute atomic E-state index is 12.2. The highest BCUT2D eigenvalue weighted by atomic mass is 35.5. The molecule has 1 aromatic carbocycles. The van der Waals surface area contributed by atoms with Gasteiger partial charge in [0.25, 0.3) is 5.91 Å². The van der Waals surface area contributed by atoms with Crippen LogP contribution < -0.4 is 10.1 Å². The average Bonchev–Trinajstić information content (AvgIpc) is 2.41. The van der Waals surface area contributed by atoms with Gasteiger partial charge in [0, 0.05) is 11.8 Å². The van der Waals surface area contributed by atoms with Crippen LogP contribution >= 0.6 is 11.6 Å². The van der Waals surface area contributed by atoms with Gasteiger partial charge in [-0.1, -0.05) is 17.7 Å². The van der Waals surface area contributed by atoms with Gasteiger partial charge in [0.2, 0.25) is 0 Å². The van der Waals surface area contributed by atoms with E-state index in [9.17, 15) is 4.79 Å². The fraction of sp³-hybridized carbons (Fsp3) is 0.200. The van der Waals surface area contributed by atoms with E-state index in [1.54, 1.807) is 30.5 Å². The van der Waals surface area contributed by atoms with Crippen molar-refractivity contribution in [2.24, 2.45) is 0 Å². The molecule has 0 fully saturated rings. The molecule has 0 spiro atoms. The first-order valence-corrected chi connectivity index (χ1v) is 6.61. The van der Waals surface area contributed by atoms with E-state index < -0.39 is 0 Å². The Balaban J connectivity index is 2.15. The van der Waals surface area contributed by atoms with Gasteiger partial charge in [-0.25, -0.2) is 0 Å². The molecular formula is C15H15ClN2O2. The van der Waals surface area contributed by atoms with Crippen LogP contribution in [0, 0.1) is 0 Å². The first-order valence-electron chi connectivity index (χ1n) is 6.24. The van der Waals surface area contributed by atoms with Gasteiger partial charge in [0.05, 0.1) is 23.0 Å². The molecule has 5 heteroatoms. The number of nitrogens with zero attached hydrogens (tertiary/aromatic N) is 1. The lowest BCUT2D eigenvalue weighted by Gasteiger charge is -2.11. The Labute approximate surface area is 122 Å². The second kappa shape index (κ2) is 6.39. The number of nitrogens with one attached hydrogen (secondary N) is 1. The van der Waals surface area contributed by atoms with Crippen LogP contribution in [-0.2, 0) is 0 Å². The number of anilines is 1. The maximum atomic E-state index is 12.2. The van der Waals surface area contributed by atoms with E-state index in [1.807, 2.05) is 19.9 Å². The number of pyridine rings is 1. The summed E-state index contributed by atoms with van der Waals surface area (Å²) in [7, 11) is 0. The molecule has 2 aromatic rings. The third kappa shape index (κ3) is 3.71. The Morgan fingerprint density at radius 2 is 2.15 bits per heavy atom. The van der Waals surface area contributed by atoms with Crippen molar-refractivity contribution < 1.29 is 9.53 Å². The van der Waals surface area contributed by atoms with E-state index in [4.69, 9.17) is 16.3 Å². The SMILES string of the molecule is CC(C)Oc1cccc(C(=O)Nc2cnccc2Cl)c1. The van der Waals surface area contributed by atoms with Crippen LogP contribution in [0.15, 0.2) is 42.7 Å². The monoisotopic (exact) mass is 290 g/mol. The highest BCUT2D eigenvalue weighted by Crippen LogP contribution is 2.21. The summed E-state index contributed by atoms with van der Waals surface area (Å²) in [4.78, 5) is 16.1. The van der Waals surface area contributed by atoms with Gasteiger partial charge in [-0.3, -0.25) is 9.78 Å². The topological polar surface area (TPSA) is 51.2 Å². The van der Waals surface area contributed by atoms with Crippen molar-refractivity contribution in [1.82, 2.24) is 4.98 Å². The van der Waals surface area contributed by atoms with Gasteiger partial charge >= 0.3 is 0 Å². The van der Waals surface area contributed by atoms with Crippen molar-refractivity contribution in [3.63, 3.8) is 0 Å². The number of amides is 1. The van der Waals surface area contributed by atoms with E-state index in [1.165, 1.54) is 6.20 Å². The van der Waals surface area contributed by atoms with Crippen molar-refractivity contribution in [3.05, 3.63) is 53.3 Å². The first kappa shape index (κ1) is 14.3. The molecule has 104 valence electrons. The molecule has 1 heterocycles. The van der Waals surface area contributed by atoms with Crippen molar-refractivity contribution in [2.45, 2.75) is 20.0 Å². The van der Waals surface area contributed by atoms with Crippen molar-refractivity contribution >= 4 is 23.2 Å². The van der Waals surface area contributed by atoms with Gasteiger partial charge in [0.1, 0.15) is 5.75 Å². The molecule has 0 saturated heterocycles. The normalized spacial score (nSPS) is 10.4. The molecule has 0 aliphatic rings. The minimum atomic E-state index is -0.255. The molecule has 1 N–H and O–H groups in total. The molecule has 2 rings (SSSR count). The minimum Gasteiger partial charge on any atom is -0.491 e. The number of hydrogen-bond donors (Lipinski definition) is 1. The summed E-state index contributed by atoms with van der Waals surface area (Å²) in [6, 6.07) is 8.62. The molecule has 4 nitrogen and oxygen atoms in total. The molecule has 1 amide bonds. The van der Waals surface area contributed by atoms with E-state index in [0.717, 1.165) is 0 Å². The summed E-state index contributed by atoms with van der Waals surface area (Å²) in [5.41, 5.74) is 0.984. The molecular weight excluding hydrogens is 276 g/mol. The number of rotatable bonds is 4. The summed E-state index contributed by atoms with van der Waals surface area (Å²) in [5, 5.41) is 3.17. The molecule has 0 aliphatic carbocycles. The molecule has 0 unspecified atom stereocenters. The minimum absolute atomic E-state index is 0.0566. The zero-order valence-corrected chi connectivity index (χ0v) is 12.0. The highest BCUT2D eigenvalue weighted by molar-refractivity contribution is 6.33. The van der Waals surface area contributed by atoms with E-state index in [2.05, 4.69) is 10.3 Å². The number of ether oxygens (including phenoxy) is 1. The number of carbonyl (C=O) groups is 1. The predicted octanol–water partition coefficient (Wildman–Crippen LogP) is 3.77. The van der Waals surface area contributed by atoms with E-state index in [0.29, 0.717) is 22.0 Å². The first-order chi connectivity index (χ1) is 9.56. The molecule has 0 aliphatic heterocycles. The molecule has 20 heavy (non-hydrogen) atoms. The Bertz CT molecular complexity index is 614. The second-order valence-electron chi connectivity index (χ2n) is 4.50. The summed E-state index contributed by atoms with van der Waals surface area (Å²) in [5.74, 6) is 0.402. The molecule has 0 saturated carbocycles. The third-order valence-corrected chi connectivity index (χ3v) is 2.81. The number of halogens is 1. The number of hydrogen-bond acceptors (Lipinski definition) is 3. The van der Waals surface area contributed by atoms with Gasteiger partial charge in [-0.05, 0) is 38.1 Å². The number of carbonyl (C=O) groups excluding carboxylic acids is 1. The van der Waals surface area contributed by atoms with Crippen LogP contribution in [0.2, 0.25) is 5.02 Å². The van der Waals surface area contributed by atoms with Gasteiger partial charge in [-0.15, -0.1) is 0 Å². The Morgan fingerprint density at radius 1 is 1.35 bits per heavy atom.